The summed E-state index contributed by atoms with van der Waals surface area (Å²) in [7, 11) is 0. The molecule has 1 atom stereocenters. The van der Waals surface area contributed by atoms with Gasteiger partial charge in [-0.1, -0.05) is 0 Å². The first-order valence-corrected chi connectivity index (χ1v) is 5.87. The molecule has 0 spiro atoms. The molecule has 0 aromatic carbocycles. The van der Waals surface area contributed by atoms with Crippen molar-refractivity contribution in [3.8, 4) is 0 Å². The molecule has 16 heavy (non-hydrogen) atoms. The van der Waals surface area contributed by atoms with Crippen molar-refractivity contribution in [3.63, 3.8) is 0 Å². The fourth-order valence-corrected chi connectivity index (χ4v) is 1.92. The van der Waals surface area contributed by atoms with Crippen LogP contribution in [0.2, 0.25) is 0 Å². The molecule has 1 fully saturated rings. The summed E-state index contributed by atoms with van der Waals surface area (Å²) in [6.45, 7) is 7.94. The molecule has 1 aliphatic heterocycles. The van der Waals surface area contributed by atoms with Gasteiger partial charge in [0, 0.05) is 44.1 Å². The standard InChI is InChI=1S/C11H20N4O/c1-10-9-16-7-6-15(10)5-4-12-8-11-2-3-13-14-11/h2-3,10,12H,4-9H2,1H3,(H,13,14). The monoisotopic (exact) mass is 224 g/mol. The molecule has 2 heterocycles. The third-order valence-electron chi connectivity index (χ3n) is 2.95. The Morgan fingerprint density at radius 3 is 3.38 bits per heavy atom. The Labute approximate surface area is 96.2 Å². The van der Waals surface area contributed by atoms with E-state index < -0.39 is 0 Å². The largest absolute Gasteiger partial charge is 0.379 e. The number of H-pyrrole nitrogens is 1. The Hall–Kier alpha value is -0.910. The highest BCUT2D eigenvalue weighted by atomic mass is 16.5. The predicted octanol–water partition coefficient (Wildman–Crippen LogP) is 0.220. The van der Waals surface area contributed by atoms with Crippen molar-refractivity contribution in [1.29, 1.82) is 0 Å². The molecule has 2 rings (SSSR count). The zero-order chi connectivity index (χ0) is 11.2. The first-order chi connectivity index (χ1) is 7.86. The minimum atomic E-state index is 0.544. The summed E-state index contributed by atoms with van der Waals surface area (Å²) in [5.41, 5.74) is 1.13. The van der Waals surface area contributed by atoms with Crippen LogP contribution in [0.5, 0.6) is 0 Å². The summed E-state index contributed by atoms with van der Waals surface area (Å²) in [6.07, 6.45) is 1.78. The van der Waals surface area contributed by atoms with Gasteiger partial charge in [0.15, 0.2) is 0 Å². The van der Waals surface area contributed by atoms with Crippen LogP contribution in [-0.4, -0.2) is 54.0 Å². The summed E-state index contributed by atoms with van der Waals surface area (Å²) < 4.78 is 5.40. The molecule has 1 saturated heterocycles. The number of ether oxygens (including phenoxy) is 1. The molecule has 0 aliphatic carbocycles. The van der Waals surface area contributed by atoms with Gasteiger partial charge < -0.3 is 10.1 Å². The second kappa shape index (κ2) is 5.98. The lowest BCUT2D eigenvalue weighted by Crippen LogP contribution is -2.46. The molecule has 0 amide bonds. The number of hydrogen-bond acceptors (Lipinski definition) is 4. The average Bonchev–Trinajstić information content (AvgIpc) is 2.79. The Kier molecular flexibility index (Phi) is 4.33. The van der Waals surface area contributed by atoms with Crippen LogP contribution in [0.15, 0.2) is 12.3 Å². The van der Waals surface area contributed by atoms with Crippen LogP contribution < -0.4 is 5.32 Å². The van der Waals surface area contributed by atoms with Crippen LogP contribution in [0.1, 0.15) is 12.6 Å². The van der Waals surface area contributed by atoms with E-state index in [-0.39, 0.29) is 0 Å². The molecule has 0 bridgehead atoms. The zero-order valence-corrected chi connectivity index (χ0v) is 9.78. The molecular weight excluding hydrogens is 204 g/mol. The van der Waals surface area contributed by atoms with Gasteiger partial charge >= 0.3 is 0 Å². The van der Waals surface area contributed by atoms with Crippen LogP contribution >= 0.6 is 0 Å². The van der Waals surface area contributed by atoms with Crippen molar-refractivity contribution in [2.45, 2.75) is 19.5 Å². The summed E-state index contributed by atoms with van der Waals surface area (Å²) in [4.78, 5) is 2.46. The minimum Gasteiger partial charge on any atom is -0.379 e. The van der Waals surface area contributed by atoms with Crippen LogP contribution in [-0.2, 0) is 11.3 Å². The SMILES string of the molecule is CC1COCCN1CCNCc1ccn[nH]1. The molecule has 0 saturated carbocycles. The van der Waals surface area contributed by atoms with Gasteiger partial charge in [-0.05, 0) is 13.0 Å². The lowest BCUT2D eigenvalue weighted by Gasteiger charge is -2.33. The predicted molar refractivity (Wildman–Crippen MR) is 62.1 cm³/mol. The molecule has 2 N–H and O–H groups in total. The average molecular weight is 224 g/mol. The fraction of sp³-hybridized carbons (Fsp3) is 0.727. The minimum absolute atomic E-state index is 0.544. The van der Waals surface area contributed by atoms with Crippen molar-refractivity contribution >= 4 is 0 Å². The molecule has 5 nitrogen and oxygen atoms in total. The number of aromatic amines is 1. The van der Waals surface area contributed by atoms with E-state index in [1.54, 1.807) is 6.20 Å². The number of rotatable bonds is 5. The van der Waals surface area contributed by atoms with Gasteiger partial charge in [-0.25, -0.2) is 0 Å². The van der Waals surface area contributed by atoms with Gasteiger partial charge in [-0.2, -0.15) is 5.10 Å². The van der Waals surface area contributed by atoms with E-state index in [4.69, 9.17) is 4.74 Å². The molecule has 5 heteroatoms. The Balaban J connectivity index is 1.60. The number of nitrogens with zero attached hydrogens (tertiary/aromatic N) is 2. The first kappa shape index (κ1) is 11.6. The van der Waals surface area contributed by atoms with E-state index in [2.05, 4.69) is 27.3 Å². The zero-order valence-electron chi connectivity index (χ0n) is 9.78. The number of hydrogen-bond donors (Lipinski definition) is 2. The van der Waals surface area contributed by atoms with E-state index in [1.807, 2.05) is 6.07 Å². The van der Waals surface area contributed by atoms with Crippen molar-refractivity contribution in [3.05, 3.63) is 18.0 Å². The Morgan fingerprint density at radius 1 is 1.69 bits per heavy atom. The van der Waals surface area contributed by atoms with Crippen molar-refractivity contribution in [2.24, 2.45) is 0 Å². The summed E-state index contributed by atoms with van der Waals surface area (Å²) >= 11 is 0. The molecule has 0 radical (unpaired) electrons. The highest BCUT2D eigenvalue weighted by Gasteiger charge is 2.17. The lowest BCUT2D eigenvalue weighted by molar-refractivity contribution is 0.000397. The highest BCUT2D eigenvalue weighted by molar-refractivity contribution is 4.96. The number of aromatic nitrogens is 2. The molecule has 1 aromatic rings. The van der Waals surface area contributed by atoms with Crippen molar-refractivity contribution < 1.29 is 4.74 Å². The summed E-state index contributed by atoms with van der Waals surface area (Å²) in [5.74, 6) is 0. The second-order valence-electron chi connectivity index (χ2n) is 4.22. The number of morpholine rings is 1. The summed E-state index contributed by atoms with van der Waals surface area (Å²) in [5, 5.41) is 10.3. The van der Waals surface area contributed by atoms with E-state index in [0.29, 0.717) is 6.04 Å². The van der Waals surface area contributed by atoms with Gasteiger partial charge in [-0.3, -0.25) is 10.00 Å². The third kappa shape index (κ3) is 3.30. The highest BCUT2D eigenvalue weighted by Crippen LogP contribution is 2.04. The molecular formula is C11H20N4O. The topological polar surface area (TPSA) is 53.2 Å². The van der Waals surface area contributed by atoms with Gasteiger partial charge in [0.1, 0.15) is 0 Å². The second-order valence-corrected chi connectivity index (χ2v) is 4.22. The molecule has 90 valence electrons. The van der Waals surface area contributed by atoms with Crippen molar-refractivity contribution in [2.75, 3.05) is 32.8 Å². The van der Waals surface area contributed by atoms with E-state index in [1.165, 1.54) is 0 Å². The summed E-state index contributed by atoms with van der Waals surface area (Å²) in [6, 6.07) is 2.53. The molecule has 1 aromatic heterocycles. The van der Waals surface area contributed by atoms with Gasteiger partial charge in [-0.15, -0.1) is 0 Å². The molecule has 1 aliphatic rings. The maximum atomic E-state index is 5.40. The normalized spacial score (nSPS) is 22.4. The van der Waals surface area contributed by atoms with Crippen molar-refractivity contribution in [1.82, 2.24) is 20.4 Å². The number of nitrogens with one attached hydrogen (secondary N) is 2. The lowest BCUT2D eigenvalue weighted by atomic mass is 10.2. The van der Waals surface area contributed by atoms with Gasteiger partial charge in [0.25, 0.3) is 0 Å². The fourth-order valence-electron chi connectivity index (χ4n) is 1.92. The molecule has 1 unspecified atom stereocenters. The van der Waals surface area contributed by atoms with E-state index >= 15 is 0 Å². The maximum absolute atomic E-state index is 5.40. The Bertz CT molecular complexity index is 288. The van der Waals surface area contributed by atoms with Crippen LogP contribution in [0.25, 0.3) is 0 Å². The first-order valence-electron chi connectivity index (χ1n) is 5.87. The van der Waals surface area contributed by atoms with Gasteiger partial charge in [0.05, 0.1) is 13.2 Å². The maximum Gasteiger partial charge on any atom is 0.0619 e. The van der Waals surface area contributed by atoms with Gasteiger partial charge in [0.2, 0.25) is 0 Å². The smallest absolute Gasteiger partial charge is 0.0619 e. The van der Waals surface area contributed by atoms with E-state index in [0.717, 1.165) is 45.1 Å². The van der Waals surface area contributed by atoms with Crippen LogP contribution in [0, 0.1) is 0 Å². The van der Waals surface area contributed by atoms with Crippen LogP contribution in [0.3, 0.4) is 0 Å². The quantitative estimate of drug-likeness (QED) is 0.703. The van der Waals surface area contributed by atoms with Crippen LogP contribution in [0.4, 0.5) is 0 Å². The van der Waals surface area contributed by atoms with E-state index in [9.17, 15) is 0 Å². The Morgan fingerprint density at radius 2 is 2.62 bits per heavy atom. The third-order valence-corrected chi connectivity index (χ3v) is 2.95.